The topological polar surface area (TPSA) is 69.4 Å². The number of hydrogen-bond donors (Lipinski definition) is 1. The van der Waals surface area contributed by atoms with E-state index in [4.69, 9.17) is 9.88 Å². The Bertz CT molecular complexity index is 614. The second-order valence-corrected chi connectivity index (χ2v) is 5.81. The average Bonchev–Trinajstić information content (AvgIpc) is 2.32. The fraction of sp³-hybridized carbons (Fsp3) is 0.333. The van der Waals surface area contributed by atoms with Crippen LogP contribution >= 0.6 is 0 Å². The molecule has 7 heteroatoms. The van der Waals surface area contributed by atoms with E-state index in [0.717, 1.165) is 12.8 Å². The maximum absolute atomic E-state index is 13.7. The smallest absolute Gasteiger partial charge is 0.241 e. The van der Waals surface area contributed by atoms with Crippen molar-refractivity contribution >= 4 is 10.0 Å². The highest BCUT2D eigenvalue weighted by molar-refractivity contribution is 7.89. The molecule has 0 fully saturated rings. The highest BCUT2D eigenvalue weighted by atomic mass is 32.2. The van der Waals surface area contributed by atoms with Gasteiger partial charge in [-0.05, 0) is 31.4 Å². The largest absolute Gasteiger partial charge is 0.482 e. The summed E-state index contributed by atoms with van der Waals surface area (Å²) in [5.41, 5.74) is 0. The van der Waals surface area contributed by atoms with Crippen molar-refractivity contribution in [1.29, 1.82) is 0 Å². The summed E-state index contributed by atoms with van der Waals surface area (Å²) in [6.45, 7) is 0. The first-order chi connectivity index (χ1) is 8.88. The van der Waals surface area contributed by atoms with Crippen molar-refractivity contribution in [3.05, 3.63) is 35.9 Å². The molecule has 4 nitrogen and oxygen atoms in total. The fourth-order valence-corrected chi connectivity index (χ4v) is 2.57. The molecule has 0 aliphatic heterocycles. The molecule has 1 unspecified atom stereocenters. The number of hydrogen-bond acceptors (Lipinski definition) is 3. The van der Waals surface area contributed by atoms with Crippen LogP contribution in [0.3, 0.4) is 0 Å². The van der Waals surface area contributed by atoms with Crippen LogP contribution in [0.15, 0.2) is 29.2 Å². The minimum absolute atomic E-state index is 0.436. The Kier molecular flexibility index (Phi) is 3.86. The molecule has 2 rings (SSSR count). The molecule has 19 heavy (non-hydrogen) atoms. The quantitative estimate of drug-likeness (QED) is 0.866. The Morgan fingerprint density at radius 1 is 1.32 bits per heavy atom. The second kappa shape index (κ2) is 5.26. The number of halogens is 2. The molecule has 0 spiro atoms. The number of ether oxygens (including phenoxy) is 1. The molecule has 0 radical (unpaired) electrons. The van der Waals surface area contributed by atoms with Gasteiger partial charge in [-0.1, -0.05) is 6.08 Å². The molecule has 0 saturated heterocycles. The van der Waals surface area contributed by atoms with Crippen LogP contribution in [0.2, 0.25) is 0 Å². The second-order valence-electron chi connectivity index (χ2n) is 4.28. The molecule has 0 aromatic heterocycles. The summed E-state index contributed by atoms with van der Waals surface area (Å²) >= 11 is 0. The summed E-state index contributed by atoms with van der Waals surface area (Å²) in [5, 5.41) is 4.94. The molecular weight excluding hydrogens is 276 g/mol. The molecule has 1 aliphatic rings. The molecule has 104 valence electrons. The van der Waals surface area contributed by atoms with E-state index in [0.29, 0.717) is 18.6 Å². The number of rotatable bonds is 3. The van der Waals surface area contributed by atoms with Gasteiger partial charge in [0, 0.05) is 6.07 Å². The van der Waals surface area contributed by atoms with E-state index in [1.54, 1.807) is 6.08 Å². The third-order valence-electron chi connectivity index (χ3n) is 2.76. The lowest BCUT2D eigenvalue weighted by molar-refractivity contribution is 0.213. The lowest BCUT2D eigenvalue weighted by atomic mass is 10.1. The lowest BCUT2D eigenvalue weighted by Gasteiger charge is -2.20. The molecule has 0 heterocycles. The van der Waals surface area contributed by atoms with Crippen LogP contribution in [-0.2, 0) is 10.0 Å². The van der Waals surface area contributed by atoms with Crippen LogP contribution in [0.25, 0.3) is 0 Å². The molecule has 0 bridgehead atoms. The van der Waals surface area contributed by atoms with Crippen LogP contribution < -0.4 is 9.88 Å². The highest BCUT2D eigenvalue weighted by Crippen LogP contribution is 2.30. The van der Waals surface area contributed by atoms with Crippen molar-refractivity contribution in [2.45, 2.75) is 30.3 Å². The van der Waals surface area contributed by atoms with Gasteiger partial charge in [-0.2, -0.15) is 0 Å². The van der Waals surface area contributed by atoms with Crippen LogP contribution in [0.5, 0.6) is 5.75 Å². The van der Waals surface area contributed by atoms with Crippen molar-refractivity contribution in [2.24, 2.45) is 5.14 Å². The molecule has 0 saturated carbocycles. The zero-order valence-corrected chi connectivity index (χ0v) is 10.8. The molecule has 1 aromatic carbocycles. The normalized spacial score (nSPS) is 19.4. The monoisotopic (exact) mass is 289 g/mol. The van der Waals surface area contributed by atoms with Gasteiger partial charge in [-0.15, -0.1) is 0 Å². The first kappa shape index (κ1) is 14.0. The zero-order valence-electron chi connectivity index (χ0n) is 9.97. The summed E-state index contributed by atoms with van der Waals surface area (Å²) in [6.07, 6.45) is 5.54. The van der Waals surface area contributed by atoms with E-state index in [2.05, 4.69) is 0 Å². The van der Waals surface area contributed by atoms with Gasteiger partial charge < -0.3 is 4.74 Å². The standard InChI is InChI=1S/C12H13F2NO3S/c13-8-6-10(14)12(11(7-8)19(15,16)17)18-9-4-2-1-3-5-9/h2,4,6-7,9H,1,3,5H2,(H2,15,16,17). The Labute approximate surface area is 109 Å². The van der Waals surface area contributed by atoms with Crippen molar-refractivity contribution in [3.8, 4) is 5.75 Å². The van der Waals surface area contributed by atoms with E-state index in [1.165, 1.54) is 0 Å². The lowest BCUT2D eigenvalue weighted by Crippen LogP contribution is -2.20. The number of nitrogens with two attached hydrogens (primary N) is 1. The highest BCUT2D eigenvalue weighted by Gasteiger charge is 2.23. The molecule has 0 amide bonds. The van der Waals surface area contributed by atoms with Crippen molar-refractivity contribution in [2.75, 3.05) is 0 Å². The molecule has 1 aromatic rings. The predicted octanol–water partition coefficient (Wildman–Crippen LogP) is 2.10. The maximum atomic E-state index is 13.7. The summed E-state index contributed by atoms with van der Waals surface area (Å²) in [4.78, 5) is -0.677. The summed E-state index contributed by atoms with van der Waals surface area (Å²) in [6, 6.07) is 1.22. The van der Waals surface area contributed by atoms with E-state index in [9.17, 15) is 17.2 Å². The number of sulfonamides is 1. The number of allylic oxidation sites excluding steroid dienone is 1. The average molecular weight is 289 g/mol. The van der Waals surface area contributed by atoms with Gasteiger partial charge in [0.05, 0.1) is 0 Å². The predicted molar refractivity (Wildman–Crippen MR) is 65.1 cm³/mol. The van der Waals surface area contributed by atoms with Crippen molar-refractivity contribution < 1.29 is 21.9 Å². The van der Waals surface area contributed by atoms with E-state index in [-0.39, 0.29) is 0 Å². The Morgan fingerprint density at radius 2 is 2.05 bits per heavy atom. The zero-order chi connectivity index (χ0) is 14.0. The van der Waals surface area contributed by atoms with Gasteiger partial charge in [0.2, 0.25) is 10.0 Å². The van der Waals surface area contributed by atoms with Gasteiger partial charge in [0.1, 0.15) is 16.8 Å². The van der Waals surface area contributed by atoms with Gasteiger partial charge >= 0.3 is 0 Å². The summed E-state index contributed by atoms with van der Waals surface area (Å²) < 4.78 is 54.8. The minimum Gasteiger partial charge on any atom is -0.482 e. The van der Waals surface area contributed by atoms with Crippen LogP contribution in [0.4, 0.5) is 8.78 Å². The number of benzene rings is 1. The summed E-state index contributed by atoms with van der Waals surface area (Å²) in [5.74, 6) is -2.63. The van der Waals surface area contributed by atoms with Crippen LogP contribution in [0.1, 0.15) is 19.3 Å². The van der Waals surface area contributed by atoms with Crippen LogP contribution in [0, 0.1) is 11.6 Å². The molecule has 2 N–H and O–H groups in total. The van der Waals surface area contributed by atoms with Gasteiger partial charge in [0.15, 0.2) is 11.6 Å². The molecule has 1 aliphatic carbocycles. The first-order valence-electron chi connectivity index (χ1n) is 5.73. The Morgan fingerprint density at radius 3 is 2.63 bits per heavy atom. The van der Waals surface area contributed by atoms with Crippen molar-refractivity contribution in [3.63, 3.8) is 0 Å². The van der Waals surface area contributed by atoms with Crippen molar-refractivity contribution in [1.82, 2.24) is 0 Å². The summed E-state index contributed by atoms with van der Waals surface area (Å²) in [7, 11) is -4.26. The maximum Gasteiger partial charge on any atom is 0.241 e. The fourth-order valence-electron chi connectivity index (χ4n) is 1.89. The Balaban J connectivity index is 2.43. The Hall–Kier alpha value is -1.47. The van der Waals surface area contributed by atoms with Crippen LogP contribution in [-0.4, -0.2) is 14.5 Å². The third kappa shape index (κ3) is 3.30. The third-order valence-corrected chi connectivity index (χ3v) is 3.68. The first-order valence-corrected chi connectivity index (χ1v) is 7.28. The van der Waals surface area contributed by atoms with Gasteiger partial charge in [-0.3, -0.25) is 0 Å². The van der Waals surface area contributed by atoms with E-state index < -0.39 is 38.4 Å². The van der Waals surface area contributed by atoms with Gasteiger partial charge in [0.25, 0.3) is 0 Å². The minimum atomic E-state index is -4.26. The molecular formula is C12H13F2NO3S. The molecule has 1 atom stereocenters. The van der Waals surface area contributed by atoms with E-state index in [1.807, 2.05) is 6.08 Å². The number of primary sulfonamides is 1. The van der Waals surface area contributed by atoms with Gasteiger partial charge in [-0.25, -0.2) is 22.3 Å². The SMILES string of the molecule is NS(=O)(=O)c1cc(F)cc(F)c1OC1C=CCCC1. The van der Waals surface area contributed by atoms with E-state index >= 15 is 0 Å².